The van der Waals surface area contributed by atoms with E-state index in [9.17, 15) is 0 Å². The van der Waals surface area contributed by atoms with E-state index in [0.29, 0.717) is 66.1 Å². The number of benzene rings is 1. The van der Waals surface area contributed by atoms with Crippen LogP contribution in [0.3, 0.4) is 0 Å². The molecule has 0 N–H and O–H groups in total. The van der Waals surface area contributed by atoms with E-state index in [-0.39, 0.29) is 0 Å². The van der Waals surface area contributed by atoms with Crippen LogP contribution < -0.4 is 4.74 Å². The standard InChI is InChI=1S/C40H74O6/c1-3-5-7-9-11-12-13-14-15-16-18-20-22-28-41-29-30-42-31-32-43-33-34-44-35-36-45-37-38-46-40-26-24-39(25-27-40)23-21-19-17-10-8-6-4-2/h24-27H,3-23,28-38H2,1-2H3. The summed E-state index contributed by atoms with van der Waals surface area (Å²) in [6.07, 6.45) is 28.5. The Kier molecular flexibility index (Phi) is 34.1. The van der Waals surface area contributed by atoms with Crippen LogP contribution in [-0.4, -0.2) is 72.7 Å². The minimum Gasteiger partial charge on any atom is -0.491 e. The molecule has 6 nitrogen and oxygen atoms in total. The smallest absolute Gasteiger partial charge is 0.119 e. The highest BCUT2D eigenvalue weighted by Gasteiger charge is 1.99. The summed E-state index contributed by atoms with van der Waals surface area (Å²) in [5.41, 5.74) is 1.39. The first-order valence-corrected chi connectivity index (χ1v) is 19.5. The lowest BCUT2D eigenvalue weighted by atomic mass is 10.0. The summed E-state index contributed by atoms with van der Waals surface area (Å²) in [6, 6.07) is 8.51. The van der Waals surface area contributed by atoms with Crippen LogP contribution >= 0.6 is 0 Å². The van der Waals surface area contributed by atoms with Crippen molar-refractivity contribution < 1.29 is 28.4 Å². The molecule has 0 aromatic heterocycles. The molecule has 0 spiro atoms. The first kappa shape index (κ1) is 42.8. The molecule has 0 radical (unpaired) electrons. The third-order valence-electron chi connectivity index (χ3n) is 8.37. The van der Waals surface area contributed by atoms with Gasteiger partial charge in [0.2, 0.25) is 0 Å². The first-order chi connectivity index (χ1) is 22.9. The van der Waals surface area contributed by atoms with Gasteiger partial charge in [-0.1, -0.05) is 142 Å². The lowest BCUT2D eigenvalue weighted by molar-refractivity contribution is -0.0128. The summed E-state index contributed by atoms with van der Waals surface area (Å²) in [5, 5.41) is 0. The average Bonchev–Trinajstić information content (AvgIpc) is 3.07. The highest BCUT2D eigenvalue weighted by Crippen LogP contribution is 2.16. The Morgan fingerprint density at radius 3 is 1.07 bits per heavy atom. The zero-order valence-corrected chi connectivity index (χ0v) is 30.4. The van der Waals surface area contributed by atoms with Crippen molar-refractivity contribution in [2.75, 3.05) is 72.7 Å². The number of hydrogen-bond donors (Lipinski definition) is 0. The molecule has 6 heteroatoms. The molecule has 0 unspecified atom stereocenters. The van der Waals surface area contributed by atoms with Crippen molar-refractivity contribution in [3.63, 3.8) is 0 Å². The Balaban J connectivity index is 1.71. The van der Waals surface area contributed by atoms with Crippen molar-refractivity contribution in [2.24, 2.45) is 0 Å². The van der Waals surface area contributed by atoms with E-state index in [4.69, 9.17) is 28.4 Å². The fraction of sp³-hybridized carbons (Fsp3) is 0.850. The van der Waals surface area contributed by atoms with Gasteiger partial charge in [-0.15, -0.1) is 0 Å². The molecule has 0 heterocycles. The van der Waals surface area contributed by atoms with Crippen LogP contribution in [-0.2, 0) is 30.1 Å². The van der Waals surface area contributed by atoms with Crippen LogP contribution in [0.2, 0.25) is 0 Å². The van der Waals surface area contributed by atoms with Gasteiger partial charge in [0.25, 0.3) is 0 Å². The predicted molar refractivity (Wildman–Crippen MR) is 193 cm³/mol. The molecule has 0 aliphatic heterocycles. The lowest BCUT2D eigenvalue weighted by Gasteiger charge is -2.09. The summed E-state index contributed by atoms with van der Waals surface area (Å²) >= 11 is 0. The molecule has 46 heavy (non-hydrogen) atoms. The van der Waals surface area contributed by atoms with Crippen molar-refractivity contribution in [2.45, 2.75) is 149 Å². The van der Waals surface area contributed by atoms with Gasteiger partial charge in [0.05, 0.1) is 59.5 Å². The van der Waals surface area contributed by atoms with Crippen LogP contribution in [0.1, 0.15) is 148 Å². The number of rotatable bonds is 38. The number of hydrogen-bond acceptors (Lipinski definition) is 6. The fourth-order valence-corrected chi connectivity index (χ4v) is 5.46. The molecule has 0 saturated carbocycles. The molecule has 0 atom stereocenters. The third kappa shape index (κ3) is 31.4. The van der Waals surface area contributed by atoms with E-state index in [0.717, 1.165) is 25.2 Å². The molecule has 1 rings (SSSR count). The van der Waals surface area contributed by atoms with Crippen molar-refractivity contribution >= 4 is 0 Å². The van der Waals surface area contributed by atoms with Gasteiger partial charge in [-0.2, -0.15) is 0 Å². The highest BCUT2D eigenvalue weighted by atomic mass is 16.6. The molecular weight excluding hydrogens is 576 g/mol. The fourth-order valence-electron chi connectivity index (χ4n) is 5.46. The van der Waals surface area contributed by atoms with Gasteiger partial charge in [0.1, 0.15) is 12.4 Å². The molecule has 0 saturated heterocycles. The Morgan fingerprint density at radius 2 is 0.652 bits per heavy atom. The minimum atomic E-state index is 0.546. The monoisotopic (exact) mass is 651 g/mol. The van der Waals surface area contributed by atoms with Crippen LogP contribution in [0, 0.1) is 0 Å². The summed E-state index contributed by atoms with van der Waals surface area (Å²) < 4.78 is 33.8. The quantitative estimate of drug-likeness (QED) is 0.0664. The molecule has 0 bridgehead atoms. The van der Waals surface area contributed by atoms with Gasteiger partial charge in [0.15, 0.2) is 0 Å². The van der Waals surface area contributed by atoms with E-state index in [2.05, 4.69) is 38.1 Å². The summed E-state index contributed by atoms with van der Waals surface area (Å²) in [5.74, 6) is 0.904. The number of ether oxygens (including phenoxy) is 6. The van der Waals surface area contributed by atoms with Gasteiger partial charge in [0, 0.05) is 6.61 Å². The Bertz CT molecular complexity index is 697. The van der Waals surface area contributed by atoms with Gasteiger partial charge in [-0.05, 0) is 37.0 Å². The van der Waals surface area contributed by atoms with Gasteiger partial charge in [-0.3, -0.25) is 0 Å². The molecule has 0 aliphatic rings. The SMILES string of the molecule is CCCCCCCCCCCCCCCOCCOCCOCCOCCOCCOc1ccc(CCCCCCCCC)cc1. The molecular formula is C40H74O6. The second kappa shape index (κ2) is 36.7. The van der Waals surface area contributed by atoms with E-state index >= 15 is 0 Å². The summed E-state index contributed by atoms with van der Waals surface area (Å²) in [4.78, 5) is 0. The molecule has 0 fully saturated rings. The van der Waals surface area contributed by atoms with Crippen LogP contribution in [0.25, 0.3) is 0 Å². The van der Waals surface area contributed by atoms with Crippen molar-refractivity contribution in [3.05, 3.63) is 29.8 Å². The zero-order chi connectivity index (χ0) is 32.9. The molecule has 0 aliphatic carbocycles. The van der Waals surface area contributed by atoms with Crippen molar-refractivity contribution in [3.8, 4) is 5.75 Å². The van der Waals surface area contributed by atoms with Crippen molar-refractivity contribution in [1.29, 1.82) is 0 Å². The topological polar surface area (TPSA) is 55.4 Å². The van der Waals surface area contributed by atoms with E-state index in [1.807, 2.05) is 0 Å². The van der Waals surface area contributed by atoms with Gasteiger partial charge in [-0.25, -0.2) is 0 Å². The maximum absolute atomic E-state index is 5.80. The minimum absolute atomic E-state index is 0.546. The normalized spacial score (nSPS) is 11.4. The van der Waals surface area contributed by atoms with Crippen LogP contribution in [0.5, 0.6) is 5.75 Å². The number of aryl methyl sites for hydroxylation is 1. The maximum atomic E-state index is 5.80. The van der Waals surface area contributed by atoms with E-state index in [1.54, 1.807) is 0 Å². The Hall–Kier alpha value is -1.18. The third-order valence-corrected chi connectivity index (χ3v) is 8.37. The molecule has 270 valence electrons. The molecule has 1 aromatic carbocycles. The van der Waals surface area contributed by atoms with E-state index < -0.39 is 0 Å². The largest absolute Gasteiger partial charge is 0.491 e. The first-order valence-electron chi connectivity index (χ1n) is 19.5. The average molecular weight is 651 g/mol. The van der Waals surface area contributed by atoms with Gasteiger partial charge < -0.3 is 28.4 Å². The van der Waals surface area contributed by atoms with E-state index in [1.165, 1.54) is 128 Å². The second-order valence-corrected chi connectivity index (χ2v) is 12.7. The van der Waals surface area contributed by atoms with Crippen molar-refractivity contribution in [1.82, 2.24) is 0 Å². The molecule has 0 amide bonds. The highest BCUT2D eigenvalue weighted by molar-refractivity contribution is 5.27. The maximum Gasteiger partial charge on any atom is 0.119 e. The summed E-state index contributed by atoms with van der Waals surface area (Å²) in [7, 11) is 0. The predicted octanol–water partition coefficient (Wildman–Crippen LogP) is 10.5. The van der Waals surface area contributed by atoms with Gasteiger partial charge >= 0.3 is 0 Å². The van der Waals surface area contributed by atoms with Crippen LogP contribution in [0.4, 0.5) is 0 Å². The molecule has 1 aromatic rings. The lowest BCUT2D eigenvalue weighted by Crippen LogP contribution is -2.14. The Morgan fingerprint density at radius 1 is 0.326 bits per heavy atom. The summed E-state index contributed by atoms with van der Waals surface area (Å²) in [6.45, 7) is 11.2. The van der Waals surface area contributed by atoms with Crippen LogP contribution in [0.15, 0.2) is 24.3 Å². The Labute approximate surface area is 285 Å². The zero-order valence-electron chi connectivity index (χ0n) is 30.4. The second-order valence-electron chi connectivity index (χ2n) is 12.7. The number of unbranched alkanes of at least 4 members (excludes halogenated alkanes) is 18.